The minimum atomic E-state index is -0.625. The zero-order valence-corrected chi connectivity index (χ0v) is 15.2. The van der Waals surface area contributed by atoms with Crippen LogP contribution in [0.2, 0.25) is 0 Å². The van der Waals surface area contributed by atoms with Crippen LogP contribution in [-0.4, -0.2) is 39.1 Å². The molecule has 2 aromatic carbocycles. The molecule has 138 valence electrons. The molecule has 9 heteroatoms. The second-order valence-corrected chi connectivity index (χ2v) is 6.93. The van der Waals surface area contributed by atoms with Crippen LogP contribution in [0.5, 0.6) is 0 Å². The third-order valence-electron chi connectivity index (χ3n) is 3.87. The third-order valence-corrected chi connectivity index (χ3v) is 5.10. The van der Waals surface area contributed by atoms with E-state index in [1.54, 1.807) is 13.1 Å². The number of anilines is 1. The molecule has 2 aromatic rings. The number of para-hydroxylation sites is 3. The minimum absolute atomic E-state index is 0.103. The SMILES string of the molecule is CN1C(=O)[C@H](CC(=O)Nc2ccccc2[N+](=O)[O-])SC1=Nc1ccccc1. The van der Waals surface area contributed by atoms with E-state index in [-0.39, 0.29) is 23.7 Å². The van der Waals surface area contributed by atoms with E-state index in [0.29, 0.717) is 10.9 Å². The van der Waals surface area contributed by atoms with E-state index >= 15 is 0 Å². The summed E-state index contributed by atoms with van der Waals surface area (Å²) in [5, 5.41) is 13.4. The summed E-state index contributed by atoms with van der Waals surface area (Å²) < 4.78 is 0. The molecule has 1 N–H and O–H groups in total. The van der Waals surface area contributed by atoms with Gasteiger partial charge in [0.1, 0.15) is 10.9 Å². The Balaban J connectivity index is 1.69. The average Bonchev–Trinajstić information content (AvgIpc) is 2.90. The van der Waals surface area contributed by atoms with Crippen LogP contribution >= 0.6 is 11.8 Å². The lowest BCUT2D eigenvalue weighted by atomic mass is 10.2. The van der Waals surface area contributed by atoms with Crippen molar-refractivity contribution in [2.75, 3.05) is 12.4 Å². The smallest absolute Gasteiger partial charge is 0.292 e. The van der Waals surface area contributed by atoms with Crippen molar-refractivity contribution < 1.29 is 14.5 Å². The Bertz CT molecular complexity index is 917. The summed E-state index contributed by atoms with van der Waals surface area (Å²) in [4.78, 5) is 41.0. The van der Waals surface area contributed by atoms with E-state index in [0.717, 1.165) is 0 Å². The molecule has 0 unspecified atom stereocenters. The third kappa shape index (κ3) is 4.32. The molecule has 0 spiro atoms. The molecule has 1 fully saturated rings. The molecule has 1 aliphatic rings. The number of carbonyl (C=O) groups is 2. The Hall–Kier alpha value is -3.20. The lowest BCUT2D eigenvalue weighted by Gasteiger charge is -2.09. The maximum atomic E-state index is 12.4. The topological polar surface area (TPSA) is 105 Å². The normalized spacial score (nSPS) is 18.0. The Kier molecular flexibility index (Phi) is 5.51. The summed E-state index contributed by atoms with van der Waals surface area (Å²) in [5.74, 6) is -0.697. The van der Waals surface area contributed by atoms with Gasteiger partial charge in [-0.1, -0.05) is 42.1 Å². The number of nitro groups is 1. The highest BCUT2D eigenvalue weighted by Gasteiger charge is 2.37. The first-order chi connectivity index (χ1) is 13.0. The number of aliphatic imine (C=N–C) groups is 1. The van der Waals surface area contributed by atoms with Gasteiger partial charge in [-0.15, -0.1) is 0 Å². The lowest BCUT2D eigenvalue weighted by molar-refractivity contribution is -0.383. The lowest BCUT2D eigenvalue weighted by Crippen LogP contribution is -2.30. The maximum absolute atomic E-state index is 12.4. The van der Waals surface area contributed by atoms with Crippen LogP contribution in [-0.2, 0) is 9.59 Å². The molecule has 0 aliphatic carbocycles. The Labute approximate surface area is 159 Å². The van der Waals surface area contributed by atoms with Gasteiger partial charge < -0.3 is 5.32 Å². The number of rotatable bonds is 5. The fourth-order valence-electron chi connectivity index (χ4n) is 2.52. The number of hydrogen-bond acceptors (Lipinski definition) is 6. The number of thioether (sulfide) groups is 1. The number of nitrogens with zero attached hydrogens (tertiary/aromatic N) is 3. The quantitative estimate of drug-likeness (QED) is 0.630. The number of amides is 2. The van der Waals surface area contributed by atoms with Crippen LogP contribution in [0, 0.1) is 10.1 Å². The van der Waals surface area contributed by atoms with E-state index in [1.165, 1.54) is 34.9 Å². The molecule has 27 heavy (non-hydrogen) atoms. The van der Waals surface area contributed by atoms with Crippen LogP contribution in [0.15, 0.2) is 59.6 Å². The summed E-state index contributed by atoms with van der Waals surface area (Å²) in [7, 11) is 1.61. The second-order valence-electron chi connectivity index (χ2n) is 5.76. The summed E-state index contributed by atoms with van der Waals surface area (Å²) in [6.07, 6.45) is -0.103. The van der Waals surface area contributed by atoms with Gasteiger partial charge in [0.25, 0.3) is 5.69 Å². The second kappa shape index (κ2) is 8.00. The van der Waals surface area contributed by atoms with E-state index < -0.39 is 16.1 Å². The van der Waals surface area contributed by atoms with Gasteiger partial charge in [0.05, 0.1) is 10.6 Å². The summed E-state index contributed by atoms with van der Waals surface area (Å²) in [6, 6.07) is 15.1. The van der Waals surface area contributed by atoms with Gasteiger partial charge in [0.15, 0.2) is 5.17 Å². The molecule has 0 radical (unpaired) electrons. The highest BCUT2D eigenvalue weighted by molar-refractivity contribution is 8.15. The van der Waals surface area contributed by atoms with Crippen LogP contribution in [0.3, 0.4) is 0 Å². The standard InChI is InChI=1S/C18H16N4O4S/c1-21-17(24)15(27-18(21)19-12-7-3-2-4-8-12)11-16(23)20-13-9-5-6-10-14(13)22(25)26/h2-10,15H,11H2,1H3,(H,20,23)/t15-/m0/s1. The predicted octanol–water partition coefficient (Wildman–Crippen LogP) is 3.18. The number of nitrogens with one attached hydrogen (secondary N) is 1. The van der Waals surface area contributed by atoms with Gasteiger partial charge in [-0.3, -0.25) is 24.6 Å². The fourth-order valence-corrected chi connectivity index (χ4v) is 3.67. The largest absolute Gasteiger partial charge is 0.320 e. The molecule has 0 aromatic heterocycles. The molecule has 8 nitrogen and oxygen atoms in total. The van der Waals surface area contributed by atoms with Gasteiger partial charge >= 0.3 is 0 Å². The van der Waals surface area contributed by atoms with Crippen molar-refractivity contribution in [1.82, 2.24) is 4.90 Å². The van der Waals surface area contributed by atoms with Gasteiger partial charge in [0.2, 0.25) is 11.8 Å². The molecule has 1 atom stereocenters. The Morgan fingerprint density at radius 1 is 1.22 bits per heavy atom. The maximum Gasteiger partial charge on any atom is 0.292 e. The van der Waals surface area contributed by atoms with Gasteiger partial charge in [-0.05, 0) is 18.2 Å². The zero-order valence-electron chi connectivity index (χ0n) is 14.4. The van der Waals surface area contributed by atoms with E-state index in [2.05, 4.69) is 10.3 Å². The number of hydrogen-bond donors (Lipinski definition) is 1. The summed E-state index contributed by atoms with van der Waals surface area (Å²) in [6.45, 7) is 0. The molecule has 1 heterocycles. The minimum Gasteiger partial charge on any atom is -0.320 e. The number of carbonyl (C=O) groups excluding carboxylic acids is 2. The molecule has 1 aliphatic heterocycles. The fraction of sp³-hybridized carbons (Fsp3) is 0.167. The molecule has 0 saturated carbocycles. The van der Waals surface area contributed by atoms with Crippen molar-refractivity contribution in [3.63, 3.8) is 0 Å². The van der Waals surface area contributed by atoms with Crippen molar-refractivity contribution in [1.29, 1.82) is 0 Å². The molecule has 3 rings (SSSR count). The molecule has 2 amide bonds. The van der Waals surface area contributed by atoms with E-state index in [4.69, 9.17) is 0 Å². The van der Waals surface area contributed by atoms with Gasteiger partial charge in [0, 0.05) is 19.5 Å². The first-order valence-electron chi connectivity index (χ1n) is 8.07. The first-order valence-corrected chi connectivity index (χ1v) is 8.95. The summed E-state index contributed by atoms with van der Waals surface area (Å²) >= 11 is 1.20. The van der Waals surface area contributed by atoms with Gasteiger partial charge in [-0.25, -0.2) is 4.99 Å². The average molecular weight is 384 g/mol. The van der Waals surface area contributed by atoms with Crippen molar-refractivity contribution in [3.05, 3.63) is 64.7 Å². The summed E-state index contributed by atoms with van der Waals surface area (Å²) in [5.41, 5.74) is 0.624. The van der Waals surface area contributed by atoms with E-state index in [1.807, 2.05) is 30.3 Å². The number of benzene rings is 2. The highest BCUT2D eigenvalue weighted by atomic mass is 32.2. The van der Waals surface area contributed by atoms with Crippen LogP contribution < -0.4 is 5.32 Å². The highest BCUT2D eigenvalue weighted by Crippen LogP contribution is 2.31. The Morgan fingerprint density at radius 3 is 2.59 bits per heavy atom. The molecule has 1 saturated heterocycles. The Morgan fingerprint density at radius 2 is 1.89 bits per heavy atom. The number of nitro benzene ring substituents is 1. The molecule has 0 bridgehead atoms. The predicted molar refractivity (Wildman–Crippen MR) is 104 cm³/mol. The van der Waals surface area contributed by atoms with Crippen molar-refractivity contribution in [2.45, 2.75) is 11.7 Å². The van der Waals surface area contributed by atoms with Gasteiger partial charge in [-0.2, -0.15) is 0 Å². The van der Waals surface area contributed by atoms with Crippen LogP contribution in [0.4, 0.5) is 17.1 Å². The van der Waals surface area contributed by atoms with Crippen molar-refractivity contribution in [2.24, 2.45) is 4.99 Å². The van der Waals surface area contributed by atoms with Crippen LogP contribution in [0.25, 0.3) is 0 Å². The van der Waals surface area contributed by atoms with Crippen LogP contribution in [0.1, 0.15) is 6.42 Å². The molecular formula is C18H16N4O4S. The van der Waals surface area contributed by atoms with Crippen molar-refractivity contribution >= 4 is 45.8 Å². The zero-order chi connectivity index (χ0) is 19.4. The van der Waals surface area contributed by atoms with E-state index in [9.17, 15) is 19.7 Å². The van der Waals surface area contributed by atoms with Crippen molar-refractivity contribution in [3.8, 4) is 0 Å². The monoisotopic (exact) mass is 384 g/mol. The first kappa shape index (κ1) is 18.6. The number of amidine groups is 1. The molecular weight excluding hydrogens is 368 g/mol.